The first kappa shape index (κ1) is 13.0. The summed E-state index contributed by atoms with van der Waals surface area (Å²) in [4.78, 5) is 4.56. The van der Waals surface area contributed by atoms with Gasteiger partial charge in [0.05, 0.1) is 11.9 Å². The second-order valence-corrected chi connectivity index (χ2v) is 5.60. The number of aryl methyl sites for hydroxylation is 1. The normalized spacial score (nSPS) is 11.1. The Hall–Kier alpha value is -2.74. The lowest BCUT2D eigenvalue weighted by molar-refractivity contribution is 0.274. The number of aromatic nitrogens is 6. The maximum atomic E-state index is 5.71. The first-order valence-electron chi connectivity index (χ1n) is 6.65. The van der Waals surface area contributed by atoms with E-state index < -0.39 is 0 Å². The van der Waals surface area contributed by atoms with Crippen molar-refractivity contribution in [2.75, 3.05) is 0 Å². The molecule has 0 amide bonds. The van der Waals surface area contributed by atoms with Gasteiger partial charge in [-0.05, 0) is 12.1 Å². The summed E-state index contributed by atoms with van der Waals surface area (Å²) >= 11 is 1.57. The predicted molar refractivity (Wildman–Crippen MR) is 81.6 cm³/mol. The monoisotopic (exact) mass is 312 g/mol. The highest BCUT2D eigenvalue weighted by molar-refractivity contribution is 7.13. The Morgan fingerprint density at radius 3 is 3.09 bits per heavy atom. The third kappa shape index (κ3) is 2.33. The van der Waals surface area contributed by atoms with E-state index >= 15 is 0 Å². The van der Waals surface area contributed by atoms with Crippen LogP contribution in [-0.4, -0.2) is 29.4 Å². The maximum Gasteiger partial charge on any atom is 0.321 e. The van der Waals surface area contributed by atoms with Crippen LogP contribution in [0.25, 0.3) is 16.2 Å². The smallest absolute Gasteiger partial charge is 0.321 e. The molecule has 0 spiro atoms. The van der Waals surface area contributed by atoms with Crippen molar-refractivity contribution in [2.45, 2.75) is 6.61 Å². The Morgan fingerprint density at radius 2 is 2.23 bits per heavy atom. The number of hydrogen-bond donors (Lipinski definition) is 0. The van der Waals surface area contributed by atoms with Crippen molar-refractivity contribution in [3.8, 4) is 16.6 Å². The first-order chi connectivity index (χ1) is 10.8. The number of pyridine rings is 1. The van der Waals surface area contributed by atoms with Gasteiger partial charge in [-0.3, -0.25) is 9.08 Å². The second kappa shape index (κ2) is 5.23. The number of hydrogen-bond acceptors (Lipinski definition) is 6. The number of rotatable bonds is 4. The molecule has 0 fully saturated rings. The lowest BCUT2D eigenvalue weighted by atomic mass is 10.4. The Morgan fingerprint density at radius 1 is 1.27 bits per heavy atom. The molecule has 22 heavy (non-hydrogen) atoms. The van der Waals surface area contributed by atoms with Crippen LogP contribution in [0.5, 0.6) is 6.01 Å². The third-order valence-corrected chi connectivity index (χ3v) is 4.08. The highest BCUT2D eigenvalue weighted by atomic mass is 32.1. The zero-order chi connectivity index (χ0) is 14.9. The molecule has 4 aromatic rings. The van der Waals surface area contributed by atoms with Crippen molar-refractivity contribution in [1.82, 2.24) is 29.4 Å². The van der Waals surface area contributed by atoms with Crippen LogP contribution < -0.4 is 4.74 Å². The van der Waals surface area contributed by atoms with E-state index in [9.17, 15) is 0 Å². The third-order valence-electron chi connectivity index (χ3n) is 3.14. The number of fused-ring (bicyclic) bond motifs is 1. The highest BCUT2D eigenvalue weighted by Gasteiger charge is 2.09. The molecular weight excluding hydrogens is 300 g/mol. The standard InChI is InChI=1S/C14H12N6OS/c1-19-7-10(6-15-19)13-16-11(9-22-13)8-21-14-18-17-12-4-2-3-5-20(12)14/h2-7,9H,8H2,1H3. The summed E-state index contributed by atoms with van der Waals surface area (Å²) in [6, 6.07) is 6.16. The molecule has 4 rings (SSSR count). The van der Waals surface area contributed by atoms with Crippen LogP contribution in [0.2, 0.25) is 0 Å². The molecule has 4 aromatic heterocycles. The van der Waals surface area contributed by atoms with E-state index in [0.717, 1.165) is 21.9 Å². The molecular formula is C14H12N6OS. The Labute approximate surface area is 129 Å². The van der Waals surface area contributed by atoms with Crippen LogP contribution >= 0.6 is 11.3 Å². The first-order valence-corrected chi connectivity index (χ1v) is 7.53. The molecule has 4 heterocycles. The van der Waals surface area contributed by atoms with Crippen molar-refractivity contribution >= 4 is 17.0 Å². The number of thiazole rings is 1. The topological polar surface area (TPSA) is 70.1 Å². The SMILES string of the molecule is Cn1cc(-c2nc(COc3nnc4ccccn34)cs2)cn1. The molecule has 0 aliphatic heterocycles. The van der Waals surface area contributed by atoms with E-state index in [1.54, 1.807) is 26.6 Å². The van der Waals surface area contributed by atoms with Gasteiger partial charge in [0.25, 0.3) is 0 Å². The zero-order valence-corrected chi connectivity index (χ0v) is 12.6. The molecule has 0 aromatic carbocycles. The van der Waals surface area contributed by atoms with E-state index in [1.165, 1.54) is 0 Å². The van der Waals surface area contributed by atoms with Gasteiger partial charge < -0.3 is 4.74 Å². The van der Waals surface area contributed by atoms with E-state index in [1.807, 2.05) is 43.0 Å². The summed E-state index contributed by atoms with van der Waals surface area (Å²) in [5, 5.41) is 15.1. The number of ether oxygens (including phenoxy) is 1. The van der Waals surface area contributed by atoms with Gasteiger partial charge in [0.15, 0.2) is 5.65 Å². The van der Waals surface area contributed by atoms with Crippen molar-refractivity contribution in [1.29, 1.82) is 0 Å². The van der Waals surface area contributed by atoms with Crippen LogP contribution in [-0.2, 0) is 13.7 Å². The van der Waals surface area contributed by atoms with Crippen LogP contribution in [0, 0.1) is 0 Å². The van der Waals surface area contributed by atoms with E-state index in [4.69, 9.17) is 4.74 Å². The average Bonchev–Trinajstić information content (AvgIpc) is 3.24. The van der Waals surface area contributed by atoms with Crippen molar-refractivity contribution in [3.63, 3.8) is 0 Å². The fourth-order valence-corrected chi connectivity index (χ4v) is 2.87. The van der Waals surface area contributed by atoms with Crippen molar-refractivity contribution < 1.29 is 4.74 Å². The minimum atomic E-state index is 0.354. The Balaban J connectivity index is 1.51. The molecule has 8 heteroatoms. The maximum absolute atomic E-state index is 5.71. The van der Waals surface area contributed by atoms with Gasteiger partial charge in [-0.25, -0.2) is 4.98 Å². The van der Waals surface area contributed by atoms with Crippen LogP contribution in [0.1, 0.15) is 5.69 Å². The van der Waals surface area contributed by atoms with E-state index in [-0.39, 0.29) is 0 Å². The lowest BCUT2D eigenvalue weighted by Crippen LogP contribution is -1.99. The Kier molecular flexibility index (Phi) is 3.08. The largest absolute Gasteiger partial charge is 0.457 e. The minimum absolute atomic E-state index is 0.354. The van der Waals surface area contributed by atoms with Gasteiger partial charge >= 0.3 is 6.01 Å². The van der Waals surface area contributed by atoms with E-state index in [0.29, 0.717) is 12.6 Å². The van der Waals surface area contributed by atoms with Gasteiger partial charge in [0, 0.05) is 30.4 Å². The second-order valence-electron chi connectivity index (χ2n) is 4.75. The van der Waals surface area contributed by atoms with Gasteiger partial charge in [-0.1, -0.05) is 11.2 Å². The zero-order valence-electron chi connectivity index (χ0n) is 11.7. The fraction of sp³-hybridized carbons (Fsp3) is 0.143. The Bertz CT molecular complexity index is 924. The highest BCUT2D eigenvalue weighted by Crippen LogP contribution is 2.23. The summed E-state index contributed by atoms with van der Waals surface area (Å²) in [5.41, 5.74) is 2.62. The van der Waals surface area contributed by atoms with Crippen LogP contribution in [0.3, 0.4) is 0 Å². The molecule has 7 nitrogen and oxygen atoms in total. The fourth-order valence-electron chi connectivity index (χ4n) is 2.09. The molecule has 0 saturated carbocycles. The summed E-state index contributed by atoms with van der Waals surface area (Å²) < 4.78 is 9.27. The summed E-state index contributed by atoms with van der Waals surface area (Å²) in [6.07, 6.45) is 5.61. The molecule has 0 aliphatic carbocycles. The predicted octanol–water partition coefficient (Wildman–Crippen LogP) is 2.17. The van der Waals surface area contributed by atoms with Gasteiger partial charge in [0.2, 0.25) is 0 Å². The minimum Gasteiger partial charge on any atom is -0.457 e. The number of nitrogens with zero attached hydrogens (tertiary/aromatic N) is 6. The molecule has 0 unspecified atom stereocenters. The van der Waals surface area contributed by atoms with Crippen LogP contribution in [0.4, 0.5) is 0 Å². The molecule has 0 aliphatic rings. The van der Waals surface area contributed by atoms with E-state index in [2.05, 4.69) is 20.3 Å². The quantitative estimate of drug-likeness (QED) is 0.577. The van der Waals surface area contributed by atoms with Gasteiger partial charge in [-0.15, -0.1) is 16.4 Å². The molecule has 0 atom stereocenters. The summed E-state index contributed by atoms with van der Waals surface area (Å²) in [7, 11) is 1.89. The van der Waals surface area contributed by atoms with Crippen molar-refractivity contribution in [3.05, 3.63) is 47.9 Å². The molecule has 0 bridgehead atoms. The van der Waals surface area contributed by atoms with Crippen LogP contribution in [0.15, 0.2) is 42.2 Å². The molecule has 0 N–H and O–H groups in total. The average molecular weight is 312 g/mol. The van der Waals surface area contributed by atoms with Gasteiger partial charge in [-0.2, -0.15) is 5.10 Å². The lowest BCUT2D eigenvalue weighted by Gasteiger charge is -2.01. The summed E-state index contributed by atoms with van der Waals surface area (Å²) in [6.45, 7) is 0.354. The molecule has 0 saturated heterocycles. The molecule has 0 radical (unpaired) electrons. The van der Waals surface area contributed by atoms with Gasteiger partial charge in [0.1, 0.15) is 11.6 Å². The van der Waals surface area contributed by atoms with Crippen molar-refractivity contribution in [2.24, 2.45) is 7.05 Å². The summed E-state index contributed by atoms with van der Waals surface area (Å²) in [5.74, 6) is 0. The molecule has 110 valence electrons.